The lowest BCUT2D eigenvalue weighted by Gasteiger charge is -2.33. The molecule has 0 aromatic heterocycles. The Labute approximate surface area is 108 Å². The molecule has 5 nitrogen and oxygen atoms in total. The molecule has 100 valence electrons. The Balaban J connectivity index is 2.76. The van der Waals surface area contributed by atoms with Crippen LogP contribution in [-0.4, -0.2) is 40.2 Å². The van der Waals surface area contributed by atoms with E-state index in [-0.39, 0.29) is 18.0 Å². The highest BCUT2D eigenvalue weighted by Crippen LogP contribution is 2.15. The van der Waals surface area contributed by atoms with Gasteiger partial charge in [0.1, 0.15) is 0 Å². The number of hydrogen-bond acceptors (Lipinski definition) is 4. The van der Waals surface area contributed by atoms with E-state index in [1.54, 1.807) is 0 Å². The molecule has 5 heteroatoms. The van der Waals surface area contributed by atoms with Gasteiger partial charge in [0, 0.05) is 17.6 Å². The molecule has 0 atom stereocenters. The number of likely N-dealkylation sites (N-methyl/N-ethyl adjacent to an activating group) is 1. The highest BCUT2D eigenvalue weighted by atomic mass is 16.4. The number of oxime groups is 1. The van der Waals surface area contributed by atoms with Gasteiger partial charge in [-0.1, -0.05) is 29.4 Å². The predicted octanol–water partition coefficient (Wildman–Crippen LogP) is 0.984. The molecule has 0 fully saturated rings. The maximum absolute atomic E-state index is 9.29. The van der Waals surface area contributed by atoms with Gasteiger partial charge in [-0.25, -0.2) is 0 Å². The van der Waals surface area contributed by atoms with Crippen molar-refractivity contribution < 1.29 is 10.3 Å². The molecule has 4 N–H and O–H groups in total. The van der Waals surface area contributed by atoms with Crippen molar-refractivity contribution in [2.24, 2.45) is 10.9 Å². The zero-order valence-corrected chi connectivity index (χ0v) is 11.1. The largest absolute Gasteiger partial charge is 0.409 e. The third-order valence-corrected chi connectivity index (χ3v) is 3.20. The van der Waals surface area contributed by atoms with Crippen molar-refractivity contribution in [1.29, 1.82) is 0 Å². The molecule has 1 aromatic rings. The van der Waals surface area contributed by atoms with Gasteiger partial charge in [-0.3, -0.25) is 4.90 Å². The smallest absolute Gasteiger partial charge is 0.170 e. The Morgan fingerprint density at radius 3 is 2.33 bits per heavy atom. The highest BCUT2D eigenvalue weighted by Gasteiger charge is 2.22. The van der Waals surface area contributed by atoms with Gasteiger partial charge in [0.25, 0.3) is 0 Å². The summed E-state index contributed by atoms with van der Waals surface area (Å²) in [5.41, 5.74) is 7.02. The van der Waals surface area contributed by atoms with Crippen LogP contribution in [0.3, 0.4) is 0 Å². The maximum atomic E-state index is 9.29. The Morgan fingerprint density at radius 2 is 1.89 bits per heavy atom. The minimum atomic E-state index is -0.260. The predicted molar refractivity (Wildman–Crippen MR) is 71.6 cm³/mol. The SMILES string of the molecule is CN(Cc1ccc(/C(N)=N/O)cc1)C(C)(C)CO. The Morgan fingerprint density at radius 1 is 1.33 bits per heavy atom. The number of rotatable bonds is 5. The third kappa shape index (κ3) is 3.45. The van der Waals surface area contributed by atoms with Crippen molar-refractivity contribution in [2.75, 3.05) is 13.7 Å². The van der Waals surface area contributed by atoms with Gasteiger partial charge in [-0.05, 0) is 26.5 Å². The second kappa shape index (κ2) is 5.84. The van der Waals surface area contributed by atoms with Crippen LogP contribution in [0.5, 0.6) is 0 Å². The summed E-state index contributed by atoms with van der Waals surface area (Å²) in [6.07, 6.45) is 0. The van der Waals surface area contributed by atoms with Crippen molar-refractivity contribution in [1.82, 2.24) is 4.90 Å². The number of amidine groups is 1. The van der Waals surface area contributed by atoms with Crippen molar-refractivity contribution in [3.05, 3.63) is 35.4 Å². The summed E-state index contributed by atoms with van der Waals surface area (Å²) < 4.78 is 0. The molecule has 0 saturated heterocycles. The first-order valence-electron chi connectivity index (χ1n) is 5.79. The Kier molecular flexibility index (Phi) is 4.69. The summed E-state index contributed by atoms with van der Waals surface area (Å²) in [7, 11) is 1.97. The molecule has 1 rings (SSSR count). The van der Waals surface area contributed by atoms with E-state index in [0.717, 1.165) is 12.1 Å². The highest BCUT2D eigenvalue weighted by molar-refractivity contribution is 5.96. The lowest BCUT2D eigenvalue weighted by Crippen LogP contribution is -2.43. The van der Waals surface area contributed by atoms with Crippen LogP contribution in [0.25, 0.3) is 0 Å². The molecule has 0 saturated carbocycles. The van der Waals surface area contributed by atoms with E-state index in [1.807, 2.05) is 45.2 Å². The summed E-state index contributed by atoms with van der Waals surface area (Å²) in [6, 6.07) is 7.48. The van der Waals surface area contributed by atoms with Crippen LogP contribution >= 0.6 is 0 Å². The summed E-state index contributed by atoms with van der Waals surface area (Å²) >= 11 is 0. The first-order valence-corrected chi connectivity index (χ1v) is 5.79. The monoisotopic (exact) mass is 251 g/mol. The number of nitrogens with zero attached hydrogens (tertiary/aromatic N) is 2. The van der Waals surface area contributed by atoms with Crippen LogP contribution < -0.4 is 5.73 Å². The summed E-state index contributed by atoms with van der Waals surface area (Å²) in [5.74, 6) is 0.102. The molecule has 0 spiro atoms. The molecular weight excluding hydrogens is 230 g/mol. The molecule has 0 amide bonds. The number of aliphatic hydroxyl groups is 1. The van der Waals surface area contributed by atoms with Crippen LogP contribution in [0.15, 0.2) is 29.4 Å². The molecule has 18 heavy (non-hydrogen) atoms. The zero-order chi connectivity index (χ0) is 13.8. The van der Waals surface area contributed by atoms with Gasteiger partial charge in [-0.2, -0.15) is 0 Å². The van der Waals surface area contributed by atoms with Crippen molar-refractivity contribution in [2.45, 2.75) is 25.9 Å². The fraction of sp³-hybridized carbons (Fsp3) is 0.462. The topological polar surface area (TPSA) is 82.1 Å². The number of nitrogens with two attached hydrogens (primary N) is 1. The molecule has 0 aliphatic rings. The fourth-order valence-electron chi connectivity index (χ4n) is 1.45. The van der Waals surface area contributed by atoms with Gasteiger partial charge in [0.05, 0.1) is 6.61 Å². The van der Waals surface area contributed by atoms with E-state index in [2.05, 4.69) is 10.1 Å². The lowest BCUT2D eigenvalue weighted by molar-refractivity contribution is 0.0734. The fourth-order valence-corrected chi connectivity index (χ4v) is 1.45. The minimum Gasteiger partial charge on any atom is -0.409 e. The van der Waals surface area contributed by atoms with E-state index < -0.39 is 0 Å². The molecule has 1 aromatic carbocycles. The average molecular weight is 251 g/mol. The molecule has 0 aliphatic heterocycles. The first kappa shape index (κ1) is 14.5. The van der Waals surface area contributed by atoms with E-state index in [0.29, 0.717) is 5.56 Å². The maximum Gasteiger partial charge on any atom is 0.170 e. The zero-order valence-electron chi connectivity index (χ0n) is 11.1. The molecular formula is C13H21N3O2. The molecule has 0 bridgehead atoms. The van der Waals surface area contributed by atoms with E-state index in [4.69, 9.17) is 10.9 Å². The second-order valence-corrected chi connectivity index (χ2v) is 5.01. The lowest BCUT2D eigenvalue weighted by atomic mass is 10.0. The van der Waals surface area contributed by atoms with Gasteiger partial charge in [-0.15, -0.1) is 0 Å². The molecule has 0 radical (unpaired) electrons. The van der Waals surface area contributed by atoms with Crippen molar-refractivity contribution in [3.63, 3.8) is 0 Å². The van der Waals surface area contributed by atoms with Gasteiger partial charge in [0.15, 0.2) is 5.84 Å². The quantitative estimate of drug-likeness (QED) is 0.315. The molecule has 0 aliphatic carbocycles. The molecule has 0 heterocycles. The normalized spacial score (nSPS) is 13.1. The van der Waals surface area contributed by atoms with E-state index >= 15 is 0 Å². The van der Waals surface area contributed by atoms with Crippen molar-refractivity contribution in [3.8, 4) is 0 Å². The van der Waals surface area contributed by atoms with Crippen LogP contribution in [0.1, 0.15) is 25.0 Å². The van der Waals surface area contributed by atoms with Gasteiger partial charge >= 0.3 is 0 Å². The van der Waals surface area contributed by atoms with E-state index in [9.17, 15) is 5.11 Å². The minimum absolute atomic E-state index is 0.102. The van der Waals surface area contributed by atoms with Gasteiger partial charge < -0.3 is 16.0 Å². The second-order valence-electron chi connectivity index (χ2n) is 5.01. The van der Waals surface area contributed by atoms with Crippen LogP contribution in [0.4, 0.5) is 0 Å². The van der Waals surface area contributed by atoms with Crippen LogP contribution in [0, 0.1) is 0 Å². The third-order valence-electron chi connectivity index (χ3n) is 3.20. The number of aliphatic hydroxyl groups excluding tert-OH is 1. The summed E-state index contributed by atoms with van der Waals surface area (Å²) in [6.45, 7) is 4.80. The summed E-state index contributed by atoms with van der Waals surface area (Å²) in [4.78, 5) is 2.07. The Bertz CT molecular complexity index is 413. The van der Waals surface area contributed by atoms with Gasteiger partial charge in [0.2, 0.25) is 0 Å². The first-order chi connectivity index (χ1) is 8.40. The van der Waals surface area contributed by atoms with E-state index in [1.165, 1.54) is 0 Å². The Hall–Kier alpha value is -1.59. The number of benzene rings is 1. The molecule has 0 unspecified atom stereocenters. The van der Waals surface area contributed by atoms with Crippen LogP contribution in [0.2, 0.25) is 0 Å². The number of hydrogen-bond donors (Lipinski definition) is 3. The summed E-state index contributed by atoms with van der Waals surface area (Å²) in [5, 5.41) is 20.8. The van der Waals surface area contributed by atoms with Crippen molar-refractivity contribution >= 4 is 5.84 Å². The average Bonchev–Trinajstić information content (AvgIpc) is 2.38. The van der Waals surface area contributed by atoms with Crippen LogP contribution in [-0.2, 0) is 6.54 Å². The standard InChI is InChI=1S/C13H21N3O2/c1-13(2,9-17)16(3)8-10-4-6-11(7-5-10)12(14)15-18/h4-7,17-18H,8-9H2,1-3H3,(H2,14,15).